The van der Waals surface area contributed by atoms with E-state index in [4.69, 9.17) is 4.74 Å². The monoisotopic (exact) mass is 259 g/mol. The molecule has 0 saturated carbocycles. The normalized spacial score (nSPS) is 18.7. The van der Waals surface area contributed by atoms with Crippen molar-refractivity contribution >= 4 is 5.97 Å². The number of nitrogens with one attached hydrogen (secondary N) is 1. The minimum atomic E-state index is -4.27. The van der Waals surface area contributed by atoms with Crippen LogP contribution in [-0.2, 0) is 4.74 Å². The van der Waals surface area contributed by atoms with Crippen molar-refractivity contribution in [3.05, 3.63) is 34.9 Å². The van der Waals surface area contributed by atoms with Crippen LogP contribution >= 0.6 is 0 Å². The maximum absolute atomic E-state index is 12.0. The van der Waals surface area contributed by atoms with Crippen molar-refractivity contribution in [2.24, 2.45) is 0 Å². The SMILES string of the molecule is Cc1ccc2c(c1)C(CNCC(F)(F)F)OC2=O. The van der Waals surface area contributed by atoms with E-state index in [1.165, 1.54) is 0 Å². The lowest BCUT2D eigenvalue weighted by molar-refractivity contribution is -0.125. The molecule has 0 bridgehead atoms. The summed E-state index contributed by atoms with van der Waals surface area (Å²) in [6.07, 6.45) is -4.91. The highest BCUT2D eigenvalue weighted by atomic mass is 19.4. The van der Waals surface area contributed by atoms with Gasteiger partial charge in [-0.25, -0.2) is 4.79 Å². The third-order valence-electron chi connectivity index (χ3n) is 2.68. The molecule has 0 fully saturated rings. The van der Waals surface area contributed by atoms with E-state index in [1.54, 1.807) is 18.2 Å². The Kier molecular flexibility index (Phi) is 3.30. The largest absolute Gasteiger partial charge is 0.452 e. The second kappa shape index (κ2) is 4.61. The van der Waals surface area contributed by atoms with Gasteiger partial charge in [0.05, 0.1) is 12.1 Å². The minimum absolute atomic E-state index is 0.0400. The number of carbonyl (C=O) groups is 1. The lowest BCUT2D eigenvalue weighted by atomic mass is 10.0. The molecule has 0 amide bonds. The van der Waals surface area contributed by atoms with E-state index in [9.17, 15) is 18.0 Å². The number of hydrogen-bond acceptors (Lipinski definition) is 3. The number of aryl methyl sites for hydroxylation is 1. The van der Waals surface area contributed by atoms with Gasteiger partial charge in [-0.1, -0.05) is 17.7 Å². The Balaban J connectivity index is 2.05. The van der Waals surface area contributed by atoms with Crippen LogP contribution in [0.15, 0.2) is 18.2 Å². The van der Waals surface area contributed by atoms with E-state index in [0.29, 0.717) is 11.1 Å². The zero-order valence-electron chi connectivity index (χ0n) is 9.67. The third kappa shape index (κ3) is 2.81. The van der Waals surface area contributed by atoms with E-state index < -0.39 is 24.8 Å². The van der Waals surface area contributed by atoms with Crippen LogP contribution in [0.4, 0.5) is 13.2 Å². The van der Waals surface area contributed by atoms with Gasteiger partial charge in [0, 0.05) is 12.1 Å². The molecule has 3 nitrogen and oxygen atoms in total. The molecule has 0 aromatic heterocycles. The van der Waals surface area contributed by atoms with Gasteiger partial charge in [0.25, 0.3) is 0 Å². The number of fused-ring (bicyclic) bond motifs is 1. The molecule has 1 aromatic rings. The molecule has 1 atom stereocenters. The number of benzene rings is 1. The first-order valence-electron chi connectivity index (χ1n) is 5.46. The van der Waals surface area contributed by atoms with Crippen LogP contribution in [0, 0.1) is 6.92 Å². The maximum Gasteiger partial charge on any atom is 0.401 e. The van der Waals surface area contributed by atoms with Crippen LogP contribution in [0.1, 0.15) is 27.6 Å². The van der Waals surface area contributed by atoms with Crippen LogP contribution in [0.3, 0.4) is 0 Å². The second-order valence-corrected chi connectivity index (χ2v) is 4.23. The highest BCUT2D eigenvalue weighted by molar-refractivity contribution is 5.94. The zero-order valence-corrected chi connectivity index (χ0v) is 9.67. The number of carbonyl (C=O) groups excluding carboxylic acids is 1. The first kappa shape index (κ1) is 12.9. The molecule has 0 saturated heterocycles. The molecule has 18 heavy (non-hydrogen) atoms. The first-order chi connectivity index (χ1) is 8.37. The lowest BCUT2D eigenvalue weighted by Crippen LogP contribution is -2.32. The highest BCUT2D eigenvalue weighted by Crippen LogP contribution is 2.30. The molecule has 1 unspecified atom stereocenters. The molecule has 1 aliphatic heterocycles. The summed E-state index contributed by atoms with van der Waals surface area (Å²) in [6, 6.07) is 5.17. The van der Waals surface area contributed by atoms with Crippen molar-refractivity contribution < 1.29 is 22.7 Å². The summed E-state index contributed by atoms with van der Waals surface area (Å²) in [4.78, 5) is 11.5. The van der Waals surface area contributed by atoms with Gasteiger partial charge < -0.3 is 10.1 Å². The summed E-state index contributed by atoms with van der Waals surface area (Å²) < 4.78 is 41.0. The van der Waals surface area contributed by atoms with Crippen molar-refractivity contribution in [3.63, 3.8) is 0 Å². The first-order valence-corrected chi connectivity index (χ1v) is 5.46. The smallest absolute Gasteiger partial charge is 0.401 e. The molecule has 0 spiro atoms. The Morgan fingerprint density at radius 2 is 2.11 bits per heavy atom. The van der Waals surface area contributed by atoms with E-state index in [0.717, 1.165) is 5.56 Å². The van der Waals surface area contributed by atoms with Crippen LogP contribution < -0.4 is 5.32 Å². The van der Waals surface area contributed by atoms with Crippen molar-refractivity contribution in [1.29, 1.82) is 0 Å². The molecular formula is C12H12F3NO2. The standard InChI is InChI=1S/C12H12F3NO2/c1-7-2-3-8-9(4-7)10(18-11(8)17)5-16-6-12(13,14)15/h2-4,10,16H,5-6H2,1H3. The van der Waals surface area contributed by atoms with Gasteiger partial charge in [-0.15, -0.1) is 0 Å². The lowest BCUT2D eigenvalue weighted by Gasteiger charge is -2.13. The summed E-state index contributed by atoms with van der Waals surface area (Å²) in [6.45, 7) is 0.715. The molecule has 6 heteroatoms. The fourth-order valence-electron chi connectivity index (χ4n) is 1.89. The quantitative estimate of drug-likeness (QED) is 0.847. The highest BCUT2D eigenvalue weighted by Gasteiger charge is 2.32. The minimum Gasteiger partial charge on any atom is -0.452 e. The maximum atomic E-state index is 12.0. The van der Waals surface area contributed by atoms with Crippen molar-refractivity contribution in [1.82, 2.24) is 5.32 Å². The predicted octanol–water partition coefficient (Wildman–Crippen LogP) is 2.36. The van der Waals surface area contributed by atoms with Crippen LogP contribution in [0.25, 0.3) is 0 Å². The molecule has 1 aliphatic rings. The number of alkyl halides is 3. The van der Waals surface area contributed by atoms with E-state index in [-0.39, 0.29) is 6.54 Å². The van der Waals surface area contributed by atoms with Gasteiger partial charge in [-0.05, 0) is 13.0 Å². The summed E-state index contributed by atoms with van der Waals surface area (Å²) in [7, 11) is 0. The van der Waals surface area contributed by atoms with Crippen molar-refractivity contribution in [3.8, 4) is 0 Å². The fourth-order valence-corrected chi connectivity index (χ4v) is 1.89. The number of cyclic esters (lactones) is 1. The van der Waals surface area contributed by atoms with E-state index >= 15 is 0 Å². The summed E-state index contributed by atoms with van der Waals surface area (Å²) >= 11 is 0. The average Bonchev–Trinajstić information content (AvgIpc) is 2.54. The van der Waals surface area contributed by atoms with Crippen LogP contribution in [-0.4, -0.2) is 25.2 Å². The third-order valence-corrected chi connectivity index (χ3v) is 2.68. The molecule has 2 rings (SSSR count). The number of rotatable bonds is 3. The summed E-state index contributed by atoms with van der Waals surface area (Å²) in [5.41, 5.74) is 2.02. The average molecular weight is 259 g/mol. The number of hydrogen-bond donors (Lipinski definition) is 1. The van der Waals surface area contributed by atoms with Gasteiger partial charge >= 0.3 is 12.1 Å². The number of ether oxygens (including phenoxy) is 1. The Morgan fingerprint density at radius 1 is 1.39 bits per heavy atom. The van der Waals surface area contributed by atoms with Gasteiger partial charge in [0.2, 0.25) is 0 Å². The van der Waals surface area contributed by atoms with Crippen molar-refractivity contribution in [2.45, 2.75) is 19.2 Å². The van der Waals surface area contributed by atoms with Gasteiger partial charge in [0.1, 0.15) is 6.10 Å². The number of esters is 1. The molecular weight excluding hydrogens is 247 g/mol. The predicted molar refractivity (Wildman–Crippen MR) is 58.3 cm³/mol. The molecule has 98 valence electrons. The van der Waals surface area contributed by atoms with Crippen molar-refractivity contribution in [2.75, 3.05) is 13.1 Å². The van der Waals surface area contributed by atoms with Gasteiger partial charge in [0.15, 0.2) is 0 Å². The Morgan fingerprint density at radius 3 is 2.78 bits per heavy atom. The summed E-state index contributed by atoms with van der Waals surface area (Å²) in [5, 5.41) is 2.25. The molecule has 1 aromatic carbocycles. The second-order valence-electron chi connectivity index (χ2n) is 4.23. The van der Waals surface area contributed by atoms with E-state index in [2.05, 4.69) is 5.32 Å². The number of halogens is 3. The molecule has 1 heterocycles. The topological polar surface area (TPSA) is 38.3 Å². The van der Waals surface area contributed by atoms with Crippen LogP contribution in [0.2, 0.25) is 0 Å². The Labute approximate surface area is 102 Å². The van der Waals surface area contributed by atoms with Gasteiger partial charge in [-0.3, -0.25) is 0 Å². The molecule has 1 N–H and O–H groups in total. The van der Waals surface area contributed by atoms with Crippen LogP contribution in [0.5, 0.6) is 0 Å². The molecule has 0 aliphatic carbocycles. The zero-order chi connectivity index (χ0) is 13.3. The Hall–Kier alpha value is -1.56. The fraction of sp³-hybridized carbons (Fsp3) is 0.417. The van der Waals surface area contributed by atoms with E-state index in [1.807, 2.05) is 6.92 Å². The molecule has 0 radical (unpaired) electrons. The summed E-state index contributed by atoms with van der Waals surface area (Å²) in [5.74, 6) is -0.483. The van der Waals surface area contributed by atoms with Gasteiger partial charge in [-0.2, -0.15) is 13.2 Å². The Bertz CT molecular complexity index is 471.